The largest absolute Gasteiger partial charge is 0.493 e. The maximum atomic E-state index is 13.4. The molecule has 0 unspecified atom stereocenters. The van der Waals surface area contributed by atoms with Crippen LogP contribution in [0.15, 0.2) is 42.5 Å². The molecule has 0 aromatic heterocycles. The molecular weight excluding hydrogens is 313 g/mol. The molecule has 1 N–H and O–H groups in total. The van der Waals surface area contributed by atoms with Crippen LogP contribution in [-0.2, 0) is 11.2 Å². The van der Waals surface area contributed by atoms with Crippen LogP contribution in [0.3, 0.4) is 0 Å². The average molecular weight is 333 g/mol. The molecule has 0 aliphatic carbocycles. The molecule has 0 fully saturated rings. The number of methoxy groups -OCH3 is 2. The number of benzene rings is 2. The van der Waals surface area contributed by atoms with Gasteiger partial charge in [-0.15, -0.1) is 0 Å². The third-order valence-electron chi connectivity index (χ3n) is 3.33. The maximum absolute atomic E-state index is 13.4. The number of rotatable bonds is 8. The van der Waals surface area contributed by atoms with Crippen molar-refractivity contribution in [1.29, 1.82) is 0 Å². The molecule has 0 spiro atoms. The van der Waals surface area contributed by atoms with Crippen molar-refractivity contribution in [2.24, 2.45) is 0 Å². The van der Waals surface area contributed by atoms with Crippen molar-refractivity contribution in [2.45, 2.75) is 6.42 Å². The summed E-state index contributed by atoms with van der Waals surface area (Å²) < 4.78 is 29.0. The third-order valence-corrected chi connectivity index (χ3v) is 3.33. The fourth-order valence-electron chi connectivity index (χ4n) is 2.15. The first-order chi connectivity index (χ1) is 11.6. The molecule has 128 valence electrons. The highest BCUT2D eigenvalue weighted by molar-refractivity contribution is 5.78. The molecule has 0 saturated heterocycles. The van der Waals surface area contributed by atoms with Gasteiger partial charge in [-0.05, 0) is 29.8 Å². The Morgan fingerprint density at radius 3 is 2.50 bits per heavy atom. The molecule has 6 heteroatoms. The van der Waals surface area contributed by atoms with Crippen molar-refractivity contribution < 1.29 is 23.4 Å². The second-order valence-corrected chi connectivity index (χ2v) is 4.99. The molecule has 0 bridgehead atoms. The van der Waals surface area contributed by atoms with Crippen LogP contribution in [0, 0.1) is 5.82 Å². The van der Waals surface area contributed by atoms with Crippen molar-refractivity contribution in [3.63, 3.8) is 0 Å². The summed E-state index contributed by atoms with van der Waals surface area (Å²) in [7, 11) is 3.10. The number of hydrogen-bond acceptors (Lipinski definition) is 4. The van der Waals surface area contributed by atoms with Gasteiger partial charge in [-0.1, -0.05) is 18.2 Å². The third kappa shape index (κ3) is 4.87. The summed E-state index contributed by atoms with van der Waals surface area (Å²) >= 11 is 0. The zero-order valence-electron chi connectivity index (χ0n) is 13.7. The summed E-state index contributed by atoms with van der Waals surface area (Å²) in [5, 5.41) is 2.73. The molecule has 0 aliphatic rings. The molecule has 2 aromatic carbocycles. The van der Waals surface area contributed by atoms with Crippen molar-refractivity contribution in [2.75, 3.05) is 27.4 Å². The Morgan fingerprint density at radius 1 is 1.04 bits per heavy atom. The number of hydrogen-bond donors (Lipinski definition) is 1. The summed E-state index contributed by atoms with van der Waals surface area (Å²) in [6.45, 7) is 0.485. The van der Waals surface area contributed by atoms with Crippen LogP contribution in [0.2, 0.25) is 0 Å². The molecule has 2 rings (SSSR count). The van der Waals surface area contributed by atoms with E-state index in [1.807, 2.05) is 0 Å². The lowest BCUT2D eigenvalue weighted by atomic mass is 10.1. The number of halogens is 1. The first kappa shape index (κ1) is 17.6. The summed E-state index contributed by atoms with van der Waals surface area (Å²) in [6.07, 6.45) is 0.208. The standard InChI is InChI=1S/C18H20FNO4/c1-22-16-8-7-13(11-17(16)23-2)12-18(21)20-9-10-24-15-6-4-3-5-14(15)19/h3-8,11H,9-10,12H2,1-2H3,(H,20,21). The Morgan fingerprint density at radius 2 is 1.79 bits per heavy atom. The van der Waals surface area contributed by atoms with Gasteiger partial charge >= 0.3 is 0 Å². The SMILES string of the molecule is COc1ccc(CC(=O)NCCOc2ccccc2F)cc1OC. The van der Waals surface area contributed by atoms with Gasteiger partial charge in [0.2, 0.25) is 5.91 Å². The Kier molecular flexibility index (Phi) is 6.42. The van der Waals surface area contributed by atoms with Gasteiger partial charge < -0.3 is 19.5 Å². The Labute approximate surface area is 140 Å². The van der Waals surface area contributed by atoms with Gasteiger partial charge in [0.05, 0.1) is 27.2 Å². The fraction of sp³-hybridized carbons (Fsp3) is 0.278. The van der Waals surface area contributed by atoms with Crippen molar-refractivity contribution in [3.05, 3.63) is 53.8 Å². The van der Waals surface area contributed by atoms with Gasteiger partial charge in [-0.25, -0.2) is 4.39 Å². The second kappa shape index (κ2) is 8.76. The molecule has 2 aromatic rings. The van der Waals surface area contributed by atoms with E-state index >= 15 is 0 Å². The van der Waals surface area contributed by atoms with Crippen LogP contribution >= 0.6 is 0 Å². The van der Waals surface area contributed by atoms with Crippen LogP contribution in [0.5, 0.6) is 17.2 Å². The van der Waals surface area contributed by atoms with Gasteiger partial charge in [-0.2, -0.15) is 0 Å². The van der Waals surface area contributed by atoms with E-state index in [1.54, 1.807) is 50.6 Å². The summed E-state index contributed by atoms with van der Waals surface area (Å²) in [5.41, 5.74) is 0.806. The lowest BCUT2D eigenvalue weighted by Gasteiger charge is -2.10. The first-order valence-electron chi connectivity index (χ1n) is 7.49. The lowest BCUT2D eigenvalue weighted by Crippen LogP contribution is -2.29. The molecule has 0 radical (unpaired) electrons. The number of ether oxygens (including phenoxy) is 3. The maximum Gasteiger partial charge on any atom is 0.224 e. The molecule has 0 atom stereocenters. The predicted octanol–water partition coefficient (Wildman–Crippen LogP) is 2.58. The Bertz CT molecular complexity index is 690. The predicted molar refractivity (Wildman–Crippen MR) is 88.2 cm³/mol. The normalized spacial score (nSPS) is 10.1. The zero-order valence-corrected chi connectivity index (χ0v) is 13.7. The van der Waals surface area contributed by atoms with Crippen LogP contribution in [-0.4, -0.2) is 33.3 Å². The minimum absolute atomic E-state index is 0.153. The van der Waals surface area contributed by atoms with Crippen molar-refractivity contribution in [3.8, 4) is 17.2 Å². The van der Waals surface area contributed by atoms with Crippen molar-refractivity contribution in [1.82, 2.24) is 5.32 Å². The molecule has 0 aliphatic heterocycles. The lowest BCUT2D eigenvalue weighted by molar-refractivity contribution is -0.120. The molecule has 0 saturated carbocycles. The zero-order chi connectivity index (χ0) is 17.4. The van der Waals surface area contributed by atoms with Crippen LogP contribution in [0.1, 0.15) is 5.56 Å². The molecule has 0 heterocycles. The Hall–Kier alpha value is -2.76. The van der Waals surface area contributed by atoms with E-state index in [9.17, 15) is 9.18 Å². The number of para-hydroxylation sites is 1. The van der Waals surface area contributed by atoms with Crippen LogP contribution in [0.25, 0.3) is 0 Å². The minimum Gasteiger partial charge on any atom is -0.493 e. The number of carbonyl (C=O) groups excluding carboxylic acids is 1. The van der Waals surface area contributed by atoms with E-state index in [-0.39, 0.29) is 24.7 Å². The summed E-state index contributed by atoms with van der Waals surface area (Å²) in [4.78, 5) is 11.9. The van der Waals surface area contributed by atoms with Gasteiger partial charge in [0, 0.05) is 0 Å². The number of nitrogens with one attached hydrogen (secondary N) is 1. The molecule has 24 heavy (non-hydrogen) atoms. The van der Waals surface area contributed by atoms with E-state index < -0.39 is 5.82 Å². The highest BCUT2D eigenvalue weighted by atomic mass is 19.1. The van der Waals surface area contributed by atoms with Gasteiger partial charge in [0.15, 0.2) is 23.1 Å². The van der Waals surface area contributed by atoms with Gasteiger partial charge in [0.1, 0.15) is 6.61 Å². The van der Waals surface area contributed by atoms with Gasteiger partial charge in [0.25, 0.3) is 0 Å². The topological polar surface area (TPSA) is 56.8 Å². The summed E-state index contributed by atoms with van der Waals surface area (Å²) in [5.74, 6) is 0.783. The molecular formula is C18H20FNO4. The van der Waals surface area contributed by atoms with E-state index in [0.717, 1.165) is 5.56 Å². The van der Waals surface area contributed by atoms with E-state index in [0.29, 0.717) is 18.0 Å². The van der Waals surface area contributed by atoms with E-state index in [2.05, 4.69) is 5.32 Å². The fourth-order valence-corrected chi connectivity index (χ4v) is 2.15. The smallest absolute Gasteiger partial charge is 0.224 e. The van der Waals surface area contributed by atoms with Gasteiger partial charge in [-0.3, -0.25) is 4.79 Å². The Balaban J connectivity index is 1.78. The van der Waals surface area contributed by atoms with E-state index in [1.165, 1.54) is 6.07 Å². The van der Waals surface area contributed by atoms with Crippen LogP contribution in [0.4, 0.5) is 4.39 Å². The first-order valence-corrected chi connectivity index (χ1v) is 7.49. The summed E-state index contributed by atoms with van der Waals surface area (Å²) in [6, 6.07) is 11.5. The highest BCUT2D eigenvalue weighted by Gasteiger charge is 2.08. The number of carbonyl (C=O) groups is 1. The van der Waals surface area contributed by atoms with Crippen molar-refractivity contribution >= 4 is 5.91 Å². The number of amides is 1. The quantitative estimate of drug-likeness (QED) is 0.755. The molecule has 5 nitrogen and oxygen atoms in total. The van der Waals surface area contributed by atoms with E-state index in [4.69, 9.17) is 14.2 Å². The highest BCUT2D eigenvalue weighted by Crippen LogP contribution is 2.27. The minimum atomic E-state index is -0.422. The van der Waals surface area contributed by atoms with Crippen LogP contribution < -0.4 is 19.5 Å². The average Bonchev–Trinajstić information content (AvgIpc) is 2.60. The molecule has 1 amide bonds. The monoisotopic (exact) mass is 333 g/mol. The second-order valence-electron chi connectivity index (χ2n) is 4.99.